The minimum absolute atomic E-state index is 0.0233. The number of hydrogen-bond donors (Lipinski definition) is 0. The number of carbonyl (C=O) groups is 2. The van der Waals surface area contributed by atoms with Gasteiger partial charge in [0.25, 0.3) is 5.78 Å². The molecular formula is C17H19N3O3. The number of esters is 1. The number of hydrogen-bond acceptors (Lipinski definition) is 3. The van der Waals surface area contributed by atoms with Crippen LogP contribution in [0.4, 0.5) is 0 Å². The number of Topliss-reactive ketones (excluding diaryl/α,β-unsaturated/α-hetero) is 1. The number of nitrogens with zero attached hydrogens (tertiary/aromatic N) is 3. The molecule has 120 valence electrons. The van der Waals surface area contributed by atoms with Crippen LogP contribution in [0.3, 0.4) is 0 Å². The van der Waals surface area contributed by atoms with Gasteiger partial charge in [0.05, 0.1) is 7.11 Å². The Morgan fingerprint density at radius 1 is 1.30 bits per heavy atom. The van der Waals surface area contributed by atoms with E-state index in [1.807, 2.05) is 55.9 Å². The maximum atomic E-state index is 12.3. The summed E-state index contributed by atoms with van der Waals surface area (Å²) in [6.07, 6.45) is 2.00. The third-order valence-electron chi connectivity index (χ3n) is 3.97. The zero-order valence-corrected chi connectivity index (χ0v) is 13.7. The predicted molar refractivity (Wildman–Crippen MR) is 86.2 cm³/mol. The van der Waals surface area contributed by atoms with Crippen LogP contribution >= 0.6 is 0 Å². The molecule has 0 N–H and O–H groups in total. The first-order valence-electron chi connectivity index (χ1n) is 7.20. The quantitative estimate of drug-likeness (QED) is 0.279. The number of aromatic nitrogens is 1. The minimum atomic E-state index is -0.939. The molecule has 0 amide bonds. The van der Waals surface area contributed by atoms with Gasteiger partial charge in [0.2, 0.25) is 0 Å². The van der Waals surface area contributed by atoms with E-state index in [9.17, 15) is 9.59 Å². The van der Waals surface area contributed by atoms with Crippen LogP contribution in [-0.2, 0) is 26.8 Å². The third kappa shape index (κ3) is 3.07. The van der Waals surface area contributed by atoms with Gasteiger partial charge in [-0.25, -0.2) is 4.79 Å². The topological polar surface area (TPSA) is 84.7 Å². The lowest BCUT2D eigenvalue weighted by atomic mass is 9.79. The lowest BCUT2D eigenvalue weighted by Crippen LogP contribution is -2.32. The molecule has 23 heavy (non-hydrogen) atoms. The highest BCUT2D eigenvalue weighted by atomic mass is 16.5. The van der Waals surface area contributed by atoms with Crippen molar-refractivity contribution in [1.29, 1.82) is 0 Å². The van der Waals surface area contributed by atoms with Gasteiger partial charge in [-0.3, -0.25) is 4.79 Å². The Balaban J connectivity index is 2.40. The van der Waals surface area contributed by atoms with Crippen LogP contribution in [0.2, 0.25) is 0 Å². The molecule has 1 aromatic heterocycles. The smallest absolute Gasteiger partial charge is 0.441 e. The van der Waals surface area contributed by atoms with Crippen molar-refractivity contribution in [2.24, 2.45) is 7.05 Å². The first-order valence-corrected chi connectivity index (χ1v) is 7.20. The van der Waals surface area contributed by atoms with Crippen molar-refractivity contribution < 1.29 is 19.1 Å². The van der Waals surface area contributed by atoms with Gasteiger partial charge in [-0.1, -0.05) is 32.0 Å². The lowest BCUT2D eigenvalue weighted by Gasteiger charge is -2.22. The van der Waals surface area contributed by atoms with Crippen molar-refractivity contribution in [3.8, 4) is 0 Å². The summed E-state index contributed by atoms with van der Waals surface area (Å²) in [5.74, 6) is -1.50. The first-order chi connectivity index (χ1) is 10.8. The Labute approximate surface area is 134 Å². The highest BCUT2D eigenvalue weighted by molar-refractivity contribution is 6.62. The van der Waals surface area contributed by atoms with E-state index in [0.717, 1.165) is 23.6 Å². The molecule has 0 spiro atoms. The summed E-state index contributed by atoms with van der Waals surface area (Å²) in [5.41, 5.74) is 9.83. The van der Waals surface area contributed by atoms with Crippen molar-refractivity contribution in [2.75, 3.05) is 7.11 Å². The number of methoxy groups -OCH3 is 1. The SMILES string of the molecule is COC(=O)C(=[N+]=[N-])C(=O)CC(C)(C)c1cn(C)c2ccccc12. The molecular weight excluding hydrogens is 294 g/mol. The molecule has 0 atom stereocenters. The molecule has 0 aliphatic rings. The number of rotatable bonds is 5. The zero-order chi connectivity index (χ0) is 17.2. The van der Waals surface area contributed by atoms with E-state index in [-0.39, 0.29) is 6.42 Å². The number of ether oxygens (including phenoxy) is 1. The second-order valence-corrected chi connectivity index (χ2v) is 6.09. The molecule has 0 unspecified atom stereocenters. The summed E-state index contributed by atoms with van der Waals surface area (Å²) in [7, 11) is 3.08. The number of benzene rings is 1. The van der Waals surface area contributed by atoms with Crippen LogP contribution in [-0.4, -0.2) is 33.9 Å². The Morgan fingerprint density at radius 3 is 2.57 bits per heavy atom. The zero-order valence-electron chi connectivity index (χ0n) is 13.7. The van der Waals surface area contributed by atoms with Crippen LogP contribution in [0.15, 0.2) is 30.5 Å². The Hall–Kier alpha value is -2.72. The standard InChI is InChI=1S/C17H19N3O3/c1-17(2,9-14(21)15(19-18)16(22)23-4)12-10-20(3)13-8-6-5-7-11(12)13/h5-8,10H,9H2,1-4H3. The molecule has 0 fully saturated rings. The minimum Gasteiger partial charge on any atom is -0.460 e. The number of carbonyl (C=O) groups excluding carboxylic acids is 2. The van der Waals surface area contributed by atoms with Crippen LogP contribution < -0.4 is 0 Å². The van der Waals surface area contributed by atoms with E-state index in [2.05, 4.69) is 9.53 Å². The first kappa shape index (κ1) is 16.6. The average Bonchev–Trinajstić information content (AvgIpc) is 2.86. The van der Waals surface area contributed by atoms with Crippen molar-refractivity contribution in [3.63, 3.8) is 0 Å². The number of ketones is 1. The van der Waals surface area contributed by atoms with Gasteiger partial charge in [0, 0.05) is 30.6 Å². The van der Waals surface area contributed by atoms with E-state index in [4.69, 9.17) is 5.53 Å². The molecule has 1 aromatic carbocycles. The molecule has 0 bridgehead atoms. The Morgan fingerprint density at radius 2 is 1.96 bits per heavy atom. The predicted octanol–water partition coefficient (Wildman–Crippen LogP) is 2.26. The molecule has 0 aliphatic carbocycles. The summed E-state index contributed by atoms with van der Waals surface area (Å²) < 4.78 is 6.46. The summed E-state index contributed by atoms with van der Waals surface area (Å²) in [6.45, 7) is 3.83. The highest BCUT2D eigenvalue weighted by Crippen LogP contribution is 2.34. The summed E-state index contributed by atoms with van der Waals surface area (Å²) >= 11 is 0. The van der Waals surface area contributed by atoms with E-state index in [1.54, 1.807) is 0 Å². The monoisotopic (exact) mass is 313 g/mol. The number of fused-ring (bicyclic) bond motifs is 1. The van der Waals surface area contributed by atoms with Crippen molar-refractivity contribution in [2.45, 2.75) is 25.7 Å². The normalized spacial score (nSPS) is 11.1. The third-order valence-corrected chi connectivity index (χ3v) is 3.97. The van der Waals surface area contributed by atoms with Crippen LogP contribution in [0, 0.1) is 0 Å². The van der Waals surface area contributed by atoms with E-state index >= 15 is 0 Å². The van der Waals surface area contributed by atoms with Gasteiger partial charge in [0.15, 0.2) is 0 Å². The van der Waals surface area contributed by atoms with E-state index in [0.29, 0.717) is 0 Å². The lowest BCUT2D eigenvalue weighted by molar-refractivity contribution is -0.139. The number of para-hydroxylation sites is 1. The van der Waals surface area contributed by atoms with Crippen LogP contribution in [0.25, 0.3) is 16.4 Å². The van der Waals surface area contributed by atoms with E-state index in [1.165, 1.54) is 0 Å². The molecule has 2 aromatic rings. The summed E-state index contributed by atoms with van der Waals surface area (Å²) in [5, 5.41) is 1.05. The molecule has 0 aliphatic heterocycles. The van der Waals surface area contributed by atoms with Gasteiger partial charge in [-0.05, 0) is 17.0 Å². The molecule has 0 radical (unpaired) electrons. The maximum Gasteiger partial charge on any atom is 0.441 e. The fourth-order valence-electron chi connectivity index (χ4n) is 2.77. The maximum absolute atomic E-state index is 12.3. The average molecular weight is 313 g/mol. The van der Waals surface area contributed by atoms with Crippen LogP contribution in [0.5, 0.6) is 0 Å². The Bertz CT molecular complexity index is 827. The Kier molecular flexibility index (Phi) is 4.48. The second-order valence-electron chi connectivity index (χ2n) is 6.09. The largest absolute Gasteiger partial charge is 0.460 e. The molecule has 6 nitrogen and oxygen atoms in total. The summed E-state index contributed by atoms with van der Waals surface area (Å²) in [4.78, 5) is 26.6. The number of aryl methyl sites for hydroxylation is 1. The van der Waals surface area contributed by atoms with Gasteiger partial charge in [-0.2, -0.15) is 4.79 Å². The fourth-order valence-corrected chi connectivity index (χ4v) is 2.77. The van der Waals surface area contributed by atoms with E-state index < -0.39 is 22.9 Å². The molecule has 1 heterocycles. The molecule has 6 heteroatoms. The van der Waals surface area contributed by atoms with Gasteiger partial charge >= 0.3 is 11.7 Å². The summed E-state index contributed by atoms with van der Waals surface area (Å²) in [6, 6.07) is 7.90. The fraction of sp³-hybridized carbons (Fsp3) is 0.353. The molecule has 0 saturated heterocycles. The van der Waals surface area contributed by atoms with Gasteiger partial charge < -0.3 is 14.8 Å². The van der Waals surface area contributed by atoms with Crippen molar-refractivity contribution in [1.82, 2.24) is 4.57 Å². The van der Waals surface area contributed by atoms with Crippen molar-refractivity contribution >= 4 is 28.4 Å². The molecule has 0 saturated carbocycles. The highest BCUT2D eigenvalue weighted by Gasteiger charge is 2.36. The van der Waals surface area contributed by atoms with Crippen LogP contribution in [0.1, 0.15) is 25.8 Å². The van der Waals surface area contributed by atoms with Gasteiger partial charge in [0.1, 0.15) is 0 Å². The second kappa shape index (κ2) is 6.18. The van der Waals surface area contributed by atoms with Crippen molar-refractivity contribution in [3.05, 3.63) is 41.6 Å². The van der Waals surface area contributed by atoms with Gasteiger partial charge in [-0.15, -0.1) is 0 Å². The molecule has 2 rings (SSSR count).